The second-order valence-electron chi connectivity index (χ2n) is 4.33. The minimum atomic E-state index is -3.72. The highest BCUT2D eigenvalue weighted by Gasteiger charge is 2.23. The highest BCUT2D eigenvalue weighted by Crippen LogP contribution is 2.24. The van der Waals surface area contributed by atoms with Gasteiger partial charge in [-0.2, -0.15) is 4.31 Å². The average molecular weight is 316 g/mol. The number of benzene rings is 1. The van der Waals surface area contributed by atoms with E-state index in [1.165, 1.54) is 23.5 Å². The molecule has 0 heterocycles. The van der Waals surface area contributed by atoms with Gasteiger partial charge in [0.15, 0.2) is 0 Å². The fraction of sp³-hybridized carbons (Fsp3) is 0.462. The van der Waals surface area contributed by atoms with Gasteiger partial charge in [0.05, 0.1) is 11.5 Å². The molecule has 1 rings (SSSR count). The van der Waals surface area contributed by atoms with E-state index in [0.29, 0.717) is 13.2 Å². The topological polar surface area (TPSA) is 95.9 Å². The van der Waals surface area contributed by atoms with Crippen molar-refractivity contribution in [3.63, 3.8) is 0 Å². The first-order chi connectivity index (χ1) is 9.84. The molecule has 0 unspecified atom stereocenters. The van der Waals surface area contributed by atoms with E-state index in [2.05, 4.69) is 5.32 Å². The van der Waals surface area contributed by atoms with Crippen LogP contribution in [0.4, 0.5) is 0 Å². The predicted octanol–water partition coefficient (Wildman–Crippen LogP) is 0.623. The van der Waals surface area contributed by atoms with Crippen molar-refractivity contribution in [3.8, 4) is 5.75 Å². The number of likely N-dealkylation sites (N-methyl/N-ethyl adjacent to an activating group) is 2. The molecular weight excluding hydrogens is 296 g/mol. The second kappa shape index (κ2) is 7.39. The SMILES string of the molecule is CCOc1ccc(S(=O)(=O)N(C)CCNC)cc1C(=O)O. The number of hydrogen-bond acceptors (Lipinski definition) is 5. The largest absolute Gasteiger partial charge is 0.493 e. The fourth-order valence-corrected chi connectivity index (χ4v) is 2.89. The van der Waals surface area contributed by atoms with Crippen molar-refractivity contribution >= 4 is 16.0 Å². The molecule has 0 aliphatic carbocycles. The smallest absolute Gasteiger partial charge is 0.339 e. The van der Waals surface area contributed by atoms with Gasteiger partial charge in [-0.05, 0) is 32.2 Å². The molecule has 0 radical (unpaired) electrons. The first-order valence-electron chi connectivity index (χ1n) is 6.45. The monoisotopic (exact) mass is 316 g/mol. The zero-order chi connectivity index (χ0) is 16.0. The highest BCUT2D eigenvalue weighted by atomic mass is 32.2. The van der Waals surface area contributed by atoms with Crippen molar-refractivity contribution in [1.29, 1.82) is 0 Å². The molecule has 7 nitrogen and oxygen atoms in total. The van der Waals surface area contributed by atoms with Crippen molar-refractivity contribution in [2.45, 2.75) is 11.8 Å². The predicted molar refractivity (Wildman–Crippen MR) is 78.3 cm³/mol. The normalized spacial score (nSPS) is 11.6. The van der Waals surface area contributed by atoms with E-state index in [1.807, 2.05) is 0 Å². The summed E-state index contributed by atoms with van der Waals surface area (Å²) in [6.07, 6.45) is 0. The van der Waals surface area contributed by atoms with Crippen LogP contribution < -0.4 is 10.1 Å². The van der Waals surface area contributed by atoms with Gasteiger partial charge in [-0.15, -0.1) is 0 Å². The minimum Gasteiger partial charge on any atom is -0.493 e. The number of nitrogens with zero attached hydrogens (tertiary/aromatic N) is 1. The summed E-state index contributed by atoms with van der Waals surface area (Å²) < 4.78 is 31.1. The summed E-state index contributed by atoms with van der Waals surface area (Å²) in [5.41, 5.74) is -0.167. The minimum absolute atomic E-state index is 0.0676. The van der Waals surface area contributed by atoms with Gasteiger partial charge in [-0.1, -0.05) is 0 Å². The van der Waals surface area contributed by atoms with Crippen LogP contribution in [0.1, 0.15) is 17.3 Å². The second-order valence-corrected chi connectivity index (χ2v) is 6.37. The Morgan fingerprint density at radius 3 is 2.62 bits per heavy atom. The molecule has 0 aromatic heterocycles. The summed E-state index contributed by atoms with van der Waals surface area (Å²) >= 11 is 0. The van der Waals surface area contributed by atoms with E-state index in [4.69, 9.17) is 9.84 Å². The lowest BCUT2D eigenvalue weighted by Gasteiger charge is -2.18. The maximum atomic E-state index is 12.3. The van der Waals surface area contributed by atoms with Gasteiger partial charge in [-0.25, -0.2) is 13.2 Å². The Morgan fingerprint density at radius 1 is 1.43 bits per heavy atom. The summed E-state index contributed by atoms with van der Waals surface area (Å²) in [6.45, 7) is 2.81. The Hall–Kier alpha value is -1.64. The van der Waals surface area contributed by atoms with Gasteiger partial charge in [0, 0.05) is 20.1 Å². The van der Waals surface area contributed by atoms with Gasteiger partial charge in [-0.3, -0.25) is 0 Å². The Morgan fingerprint density at radius 2 is 2.10 bits per heavy atom. The van der Waals surface area contributed by atoms with Gasteiger partial charge in [0.25, 0.3) is 0 Å². The molecule has 118 valence electrons. The van der Waals surface area contributed by atoms with E-state index in [1.54, 1.807) is 14.0 Å². The van der Waals surface area contributed by atoms with Crippen LogP contribution in [-0.4, -0.2) is 57.6 Å². The first kappa shape index (κ1) is 17.4. The van der Waals surface area contributed by atoms with Crippen LogP contribution in [0, 0.1) is 0 Å². The third-order valence-electron chi connectivity index (χ3n) is 2.87. The number of hydrogen-bond donors (Lipinski definition) is 2. The number of carboxylic acid groups (broad SMARTS) is 1. The summed E-state index contributed by atoms with van der Waals surface area (Å²) in [4.78, 5) is 11.2. The number of ether oxygens (including phenoxy) is 1. The lowest BCUT2D eigenvalue weighted by atomic mass is 10.2. The third-order valence-corrected chi connectivity index (χ3v) is 4.72. The molecule has 0 bridgehead atoms. The quantitative estimate of drug-likeness (QED) is 0.730. The van der Waals surface area contributed by atoms with Crippen LogP contribution in [-0.2, 0) is 10.0 Å². The van der Waals surface area contributed by atoms with Crippen LogP contribution in [0.25, 0.3) is 0 Å². The summed E-state index contributed by atoms with van der Waals surface area (Å²) in [7, 11) is -0.554. The van der Waals surface area contributed by atoms with Crippen molar-refractivity contribution in [2.24, 2.45) is 0 Å². The first-order valence-corrected chi connectivity index (χ1v) is 7.89. The van der Waals surface area contributed by atoms with E-state index in [9.17, 15) is 13.2 Å². The molecule has 0 fully saturated rings. The Kier molecular flexibility index (Phi) is 6.13. The van der Waals surface area contributed by atoms with Gasteiger partial charge < -0.3 is 15.2 Å². The van der Waals surface area contributed by atoms with E-state index in [-0.39, 0.29) is 22.8 Å². The fourth-order valence-electron chi connectivity index (χ4n) is 1.69. The molecule has 0 atom stereocenters. The Labute approximate surface area is 124 Å². The number of aromatic carboxylic acids is 1. The van der Waals surface area contributed by atoms with Crippen LogP contribution >= 0.6 is 0 Å². The molecule has 1 aromatic rings. The molecule has 8 heteroatoms. The number of sulfonamides is 1. The molecule has 0 aliphatic heterocycles. The molecule has 1 aromatic carbocycles. The zero-order valence-electron chi connectivity index (χ0n) is 12.3. The number of rotatable bonds is 8. The summed E-state index contributed by atoms with van der Waals surface area (Å²) in [5, 5.41) is 12.0. The summed E-state index contributed by atoms with van der Waals surface area (Å²) in [6, 6.07) is 3.84. The van der Waals surface area contributed by atoms with Crippen LogP contribution in [0.5, 0.6) is 5.75 Å². The van der Waals surface area contributed by atoms with E-state index >= 15 is 0 Å². The molecule has 0 saturated carbocycles. The molecule has 0 aliphatic rings. The lowest BCUT2D eigenvalue weighted by Crippen LogP contribution is -2.33. The third kappa shape index (κ3) is 4.16. The Bertz CT molecular complexity index is 601. The van der Waals surface area contributed by atoms with Gasteiger partial charge in [0.1, 0.15) is 11.3 Å². The van der Waals surface area contributed by atoms with E-state index < -0.39 is 16.0 Å². The number of carboxylic acids is 1. The molecule has 21 heavy (non-hydrogen) atoms. The van der Waals surface area contributed by atoms with Crippen LogP contribution in [0.2, 0.25) is 0 Å². The molecule has 0 saturated heterocycles. The average Bonchev–Trinajstić information content (AvgIpc) is 2.44. The van der Waals surface area contributed by atoms with Crippen molar-refractivity contribution in [3.05, 3.63) is 23.8 Å². The maximum absolute atomic E-state index is 12.3. The van der Waals surface area contributed by atoms with E-state index in [0.717, 1.165) is 6.07 Å². The van der Waals surface area contributed by atoms with Crippen molar-refractivity contribution < 1.29 is 23.1 Å². The van der Waals surface area contributed by atoms with Crippen molar-refractivity contribution in [1.82, 2.24) is 9.62 Å². The molecule has 0 amide bonds. The van der Waals surface area contributed by atoms with Gasteiger partial charge >= 0.3 is 5.97 Å². The summed E-state index contributed by atoms with van der Waals surface area (Å²) in [5.74, 6) is -1.07. The molecular formula is C13H20N2O5S. The zero-order valence-corrected chi connectivity index (χ0v) is 13.1. The standard InChI is InChI=1S/C13H20N2O5S/c1-4-20-12-6-5-10(9-11(12)13(16)17)21(18,19)15(3)8-7-14-2/h5-6,9,14H,4,7-8H2,1-3H3,(H,16,17). The highest BCUT2D eigenvalue weighted by molar-refractivity contribution is 7.89. The van der Waals surface area contributed by atoms with Crippen LogP contribution in [0.15, 0.2) is 23.1 Å². The molecule has 2 N–H and O–H groups in total. The van der Waals surface area contributed by atoms with Gasteiger partial charge in [0.2, 0.25) is 10.0 Å². The lowest BCUT2D eigenvalue weighted by molar-refractivity contribution is 0.0692. The maximum Gasteiger partial charge on any atom is 0.339 e. The van der Waals surface area contributed by atoms with Crippen LogP contribution in [0.3, 0.4) is 0 Å². The molecule has 0 spiro atoms. The number of carbonyl (C=O) groups is 1. The van der Waals surface area contributed by atoms with Crippen molar-refractivity contribution in [2.75, 3.05) is 33.8 Å². The number of nitrogens with one attached hydrogen (secondary N) is 1. The Balaban J connectivity index is 3.19.